The van der Waals surface area contributed by atoms with Crippen LogP contribution in [0.15, 0.2) is 63.4 Å². The molecule has 0 amide bonds. The molecule has 0 N–H and O–H groups in total. The number of ether oxygens (including phenoxy) is 1. The number of hydrogen-bond acceptors (Lipinski definition) is 6. The maximum atomic E-state index is 13.1. The summed E-state index contributed by atoms with van der Waals surface area (Å²) in [5.74, 6) is 0.406. The van der Waals surface area contributed by atoms with E-state index in [0.29, 0.717) is 57.7 Å². The summed E-state index contributed by atoms with van der Waals surface area (Å²) in [6.45, 7) is 1.02. The molecule has 0 aliphatic heterocycles. The van der Waals surface area contributed by atoms with Crippen molar-refractivity contribution in [1.29, 1.82) is 0 Å². The second-order valence-corrected chi connectivity index (χ2v) is 8.04. The van der Waals surface area contributed by atoms with Gasteiger partial charge < -0.3 is 4.74 Å². The van der Waals surface area contributed by atoms with Crippen LogP contribution in [-0.4, -0.2) is 32.7 Å². The Balaban J connectivity index is 1.71. The number of pyridine rings is 1. The van der Waals surface area contributed by atoms with Crippen molar-refractivity contribution in [2.45, 2.75) is 23.9 Å². The Labute approximate surface area is 181 Å². The quantitative estimate of drug-likeness (QED) is 0.248. The van der Waals surface area contributed by atoms with Gasteiger partial charge in [-0.05, 0) is 36.8 Å². The second-order valence-electron chi connectivity index (χ2n) is 6.66. The van der Waals surface area contributed by atoms with Crippen molar-refractivity contribution in [3.8, 4) is 0 Å². The van der Waals surface area contributed by atoms with Gasteiger partial charge in [0.15, 0.2) is 5.16 Å². The molecule has 0 saturated heterocycles. The van der Waals surface area contributed by atoms with E-state index in [9.17, 15) is 9.59 Å². The first-order chi connectivity index (χ1) is 14.6. The van der Waals surface area contributed by atoms with Gasteiger partial charge in [-0.2, -0.15) is 0 Å². The fourth-order valence-corrected chi connectivity index (χ4v) is 4.25. The molecule has 0 aliphatic rings. The molecular weight excluding hydrogens is 424 g/mol. The highest BCUT2D eigenvalue weighted by atomic mass is 35.5. The zero-order valence-electron chi connectivity index (χ0n) is 16.2. The van der Waals surface area contributed by atoms with Gasteiger partial charge in [0.1, 0.15) is 5.65 Å². The summed E-state index contributed by atoms with van der Waals surface area (Å²) in [5.41, 5.74) is 1.48. The molecule has 0 spiro atoms. The Morgan fingerprint density at radius 1 is 1.13 bits per heavy atom. The van der Waals surface area contributed by atoms with Gasteiger partial charge in [-0.25, -0.2) is 9.97 Å². The zero-order chi connectivity index (χ0) is 21.1. The second kappa shape index (κ2) is 8.99. The third-order valence-corrected chi connectivity index (χ3v) is 5.83. The first-order valence-electron chi connectivity index (χ1n) is 9.36. The lowest BCUT2D eigenvalue weighted by atomic mass is 10.2. The average molecular weight is 443 g/mol. The van der Waals surface area contributed by atoms with Crippen molar-refractivity contribution < 1.29 is 4.74 Å². The van der Waals surface area contributed by atoms with Crippen LogP contribution in [0.2, 0.25) is 5.02 Å². The SMILES string of the molecule is COCCCn1c(SCc2cc(=O)n3ccccc3n2)nc2cc(Cl)ccc2c1=O. The standard InChI is InChI=1S/C21H19ClN4O3S/c1-29-10-4-9-26-20(28)16-7-6-14(22)11-17(16)24-21(26)30-13-15-12-19(27)25-8-3-2-5-18(25)23-15/h2-3,5-8,11-12H,4,9-10,13H2,1H3. The van der Waals surface area contributed by atoms with Gasteiger partial charge in [-0.1, -0.05) is 29.4 Å². The van der Waals surface area contributed by atoms with Crippen LogP contribution < -0.4 is 11.1 Å². The molecule has 0 radical (unpaired) electrons. The summed E-state index contributed by atoms with van der Waals surface area (Å²) < 4.78 is 8.26. The number of methoxy groups -OCH3 is 1. The van der Waals surface area contributed by atoms with Crippen molar-refractivity contribution in [3.05, 3.63) is 80.1 Å². The molecule has 30 heavy (non-hydrogen) atoms. The van der Waals surface area contributed by atoms with Crippen LogP contribution in [0, 0.1) is 0 Å². The Kier molecular flexibility index (Phi) is 6.17. The van der Waals surface area contributed by atoms with Gasteiger partial charge in [0, 0.05) is 43.3 Å². The molecule has 0 atom stereocenters. The molecule has 0 bridgehead atoms. The largest absolute Gasteiger partial charge is 0.385 e. The van der Waals surface area contributed by atoms with Crippen molar-refractivity contribution in [2.75, 3.05) is 13.7 Å². The van der Waals surface area contributed by atoms with E-state index in [4.69, 9.17) is 16.3 Å². The van der Waals surface area contributed by atoms with Gasteiger partial charge in [-0.3, -0.25) is 18.6 Å². The smallest absolute Gasteiger partial charge is 0.262 e. The summed E-state index contributed by atoms with van der Waals surface area (Å²) in [4.78, 5) is 34.6. The lowest BCUT2D eigenvalue weighted by Crippen LogP contribution is -2.24. The van der Waals surface area contributed by atoms with Crippen LogP contribution in [-0.2, 0) is 17.0 Å². The topological polar surface area (TPSA) is 78.5 Å². The highest BCUT2D eigenvalue weighted by Crippen LogP contribution is 2.23. The van der Waals surface area contributed by atoms with Crippen molar-refractivity contribution in [1.82, 2.24) is 18.9 Å². The molecule has 4 rings (SSSR count). The Hall–Kier alpha value is -2.68. The molecule has 154 valence electrons. The molecule has 9 heteroatoms. The van der Waals surface area contributed by atoms with Crippen LogP contribution in [0.1, 0.15) is 12.1 Å². The predicted octanol–water partition coefficient (Wildman–Crippen LogP) is 3.39. The molecular formula is C21H19ClN4O3S. The molecule has 0 unspecified atom stereocenters. The van der Waals surface area contributed by atoms with Gasteiger partial charge in [0.05, 0.1) is 16.6 Å². The summed E-state index contributed by atoms with van der Waals surface area (Å²) >= 11 is 7.46. The predicted molar refractivity (Wildman–Crippen MR) is 119 cm³/mol. The summed E-state index contributed by atoms with van der Waals surface area (Å²) in [6.07, 6.45) is 2.37. The lowest BCUT2D eigenvalue weighted by molar-refractivity contribution is 0.189. The number of nitrogens with zero attached hydrogens (tertiary/aromatic N) is 4. The van der Waals surface area contributed by atoms with Gasteiger partial charge in [0.25, 0.3) is 11.1 Å². The molecule has 4 aromatic rings. The highest BCUT2D eigenvalue weighted by Gasteiger charge is 2.13. The van der Waals surface area contributed by atoms with E-state index in [-0.39, 0.29) is 11.1 Å². The number of thioether (sulfide) groups is 1. The minimum Gasteiger partial charge on any atom is -0.385 e. The third-order valence-electron chi connectivity index (χ3n) is 4.59. The maximum Gasteiger partial charge on any atom is 0.262 e. The van der Waals surface area contributed by atoms with Crippen LogP contribution in [0.25, 0.3) is 16.6 Å². The van der Waals surface area contributed by atoms with E-state index < -0.39 is 0 Å². The van der Waals surface area contributed by atoms with Crippen LogP contribution in [0.3, 0.4) is 0 Å². The summed E-state index contributed by atoms with van der Waals surface area (Å²) in [6, 6.07) is 12.0. The number of halogens is 1. The van der Waals surface area contributed by atoms with E-state index in [0.717, 1.165) is 0 Å². The minimum absolute atomic E-state index is 0.123. The Morgan fingerprint density at radius 2 is 2.00 bits per heavy atom. The van der Waals surface area contributed by atoms with Crippen molar-refractivity contribution in [2.24, 2.45) is 0 Å². The Bertz CT molecular complexity index is 1340. The highest BCUT2D eigenvalue weighted by molar-refractivity contribution is 7.98. The van der Waals surface area contributed by atoms with Crippen molar-refractivity contribution in [3.63, 3.8) is 0 Å². The summed E-state index contributed by atoms with van der Waals surface area (Å²) in [5, 5.41) is 1.59. The molecule has 0 fully saturated rings. The summed E-state index contributed by atoms with van der Waals surface area (Å²) in [7, 11) is 1.63. The van der Waals surface area contributed by atoms with E-state index in [1.165, 1.54) is 22.2 Å². The third kappa shape index (κ3) is 4.26. The normalized spacial score (nSPS) is 11.4. The monoisotopic (exact) mass is 442 g/mol. The van der Waals surface area contributed by atoms with E-state index in [1.807, 2.05) is 6.07 Å². The van der Waals surface area contributed by atoms with Crippen molar-refractivity contribution >= 4 is 39.9 Å². The van der Waals surface area contributed by atoms with Gasteiger partial charge in [0.2, 0.25) is 0 Å². The molecule has 1 aromatic carbocycles. The number of fused-ring (bicyclic) bond motifs is 2. The van der Waals surface area contributed by atoms with E-state index in [2.05, 4.69) is 9.97 Å². The number of rotatable bonds is 7. The molecule has 0 aliphatic carbocycles. The first kappa shape index (κ1) is 20.6. The molecule has 0 saturated carbocycles. The maximum absolute atomic E-state index is 13.1. The Morgan fingerprint density at radius 3 is 2.83 bits per heavy atom. The zero-order valence-corrected chi connectivity index (χ0v) is 17.8. The van der Waals surface area contributed by atoms with Crippen LogP contribution >= 0.6 is 23.4 Å². The molecule has 3 aromatic heterocycles. The minimum atomic E-state index is -0.146. The average Bonchev–Trinajstić information content (AvgIpc) is 2.74. The van der Waals surface area contributed by atoms with E-state index >= 15 is 0 Å². The van der Waals surface area contributed by atoms with Gasteiger partial charge >= 0.3 is 0 Å². The fraction of sp³-hybridized carbons (Fsp3) is 0.238. The molecule has 7 nitrogen and oxygen atoms in total. The first-order valence-corrected chi connectivity index (χ1v) is 10.7. The number of aromatic nitrogens is 4. The van der Waals surface area contributed by atoms with Crippen LogP contribution in [0.5, 0.6) is 0 Å². The molecule has 3 heterocycles. The fourth-order valence-electron chi connectivity index (χ4n) is 3.16. The van der Waals surface area contributed by atoms with E-state index in [1.54, 1.807) is 48.2 Å². The number of hydrogen-bond donors (Lipinski definition) is 0. The number of benzene rings is 1. The van der Waals surface area contributed by atoms with Gasteiger partial charge in [-0.15, -0.1) is 0 Å². The van der Waals surface area contributed by atoms with Crippen LogP contribution in [0.4, 0.5) is 0 Å². The lowest BCUT2D eigenvalue weighted by Gasteiger charge is -2.13.